The molecule has 0 bridgehead atoms. The van der Waals surface area contributed by atoms with E-state index in [-0.39, 0.29) is 18.0 Å². The zero-order valence-corrected chi connectivity index (χ0v) is 19.8. The van der Waals surface area contributed by atoms with Crippen LogP contribution in [-0.4, -0.2) is 33.6 Å². The second-order valence-electron chi connectivity index (χ2n) is 9.04. The Balaban J connectivity index is 1.86. The molecule has 33 heavy (non-hydrogen) atoms. The summed E-state index contributed by atoms with van der Waals surface area (Å²) in [6, 6.07) is 19.8. The molecule has 0 saturated carbocycles. The predicted octanol–water partition coefficient (Wildman–Crippen LogP) is 3.75. The highest BCUT2D eigenvalue weighted by molar-refractivity contribution is 5.73. The van der Waals surface area contributed by atoms with Crippen molar-refractivity contribution in [2.45, 2.75) is 64.1 Å². The van der Waals surface area contributed by atoms with Crippen LogP contribution in [0.5, 0.6) is 0 Å². The molecular weight excluding hydrogens is 414 g/mol. The third-order valence-electron chi connectivity index (χ3n) is 5.78. The van der Waals surface area contributed by atoms with Gasteiger partial charge in [0.25, 0.3) is 0 Å². The third kappa shape index (κ3) is 6.97. The Morgan fingerprint density at radius 3 is 2.21 bits per heavy atom. The van der Waals surface area contributed by atoms with Gasteiger partial charge in [-0.2, -0.15) is 0 Å². The quantitative estimate of drug-likeness (QED) is 0.461. The highest BCUT2D eigenvalue weighted by atomic mass is 16.4. The van der Waals surface area contributed by atoms with Crippen LogP contribution in [0, 0.1) is 0 Å². The summed E-state index contributed by atoms with van der Waals surface area (Å²) >= 11 is 0. The van der Waals surface area contributed by atoms with Crippen molar-refractivity contribution in [3.05, 3.63) is 83.6 Å². The van der Waals surface area contributed by atoms with Crippen molar-refractivity contribution in [1.82, 2.24) is 15.1 Å². The molecule has 1 aromatic heterocycles. The summed E-state index contributed by atoms with van der Waals surface area (Å²) in [6.45, 7) is 5.91. The topological polar surface area (TPSA) is 111 Å². The SMILES string of the molecule is CC(=O)N(CCC(C)N)[C@@H](CCc1ccccc1)c1nnc([C@](C)(N)Cc2ccccc2)o1. The Kier molecular flexibility index (Phi) is 8.36. The van der Waals surface area contributed by atoms with Gasteiger partial charge in [0.05, 0.1) is 5.54 Å². The van der Waals surface area contributed by atoms with Crippen LogP contribution in [0.4, 0.5) is 0 Å². The van der Waals surface area contributed by atoms with Crippen LogP contribution in [-0.2, 0) is 23.2 Å². The Labute approximate surface area is 196 Å². The molecule has 0 aliphatic rings. The van der Waals surface area contributed by atoms with Crippen molar-refractivity contribution < 1.29 is 9.21 Å². The number of rotatable bonds is 11. The lowest BCUT2D eigenvalue weighted by Crippen LogP contribution is -2.37. The summed E-state index contributed by atoms with van der Waals surface area (Å²) in [5.74, 6) is 0.723. The van der Waals surface area contributed by atoms with Crippen molar-refractivity contribution in [2.75, 3.05) is 6.54 Å². The minimum atomic E-state index is -0.830. The molecule has 3 atom stereocenters. The van der Waals surface area contributed by atoms with Gasteiger partial charge in [-0.25, -0.2) is 0 Å². The molecule has 1 unspecified atom stereocenters. The van der Waals surface area contributed by atoms with E-state index in [1.54, 1.807) is 11.8 Å². The number of carbonyl (C=O) groups excluding carboxylic acids is 1. The van der Waals surface area contributed by atoms with Gasteiger partial charge in [-0.3, -0.25) is 4.79 Å². The van der Waals surface area contributed by atoms with Crippen LogP contribution in [0.15, 0.2) is 65.1 Å². The van der Waals surface area contributed by atoms with E-state index in [9.17, 15) is 4.79 Å². The number of aromatic nitrogens is 2. The highest BCUT2D eigenvalue weighted by Gasteiger charge is 2.33. The Hall–Kier alpha value is -3.03. The predicted molar refractivity (Wildman–Crippen MR) is 129 cm³/mol. The number of nitrogens with zero attached hydrogens (tertiary/aromatic N) is 3. The molecule has 1 heterocycles. The van der Waals surface area contributed by atoms with Gasteiger partial charge < -0.3 is 20.8 Å². The first-order chi connectivity index (χ1) is 15.8. The van der Waals surface area contributed by atoms with E-state index >= 15 is 0 Å². The molecule has 7 nitrogen and oxygen atoms in total. The van der Waals surface area contributed by atoms with Gasteiger partial charge in [0.15, 0.2) is 0 Å². The average Bonchev–Trinajstić information content (AvgIpc) is 3.28. The van der Waals surface area contributed by atoms with E-state index in [0.717, 1.165) is 12.0 Å². The molecular formula is C26H35N5O2. The Morgan fingerprint density at radius 2 is 1.64 bits per heavy atom. The van der Waals surface area contributed by atoms with E-state index in [2.05, 4.69) is 22.3 Å². The fraction of sp³-hybridized carbons (Fsp3) is 0.423. The fourth-order valence-corrected chi connectivity index (χ4v) is 3.93. The first-order valence-electron chi connectivity index (χ1n) is 11.5. The minimum Gasteiger partial charge on any atom is -0.421 e. The first kappa shape index (κ1) is 24.6. The number of aryl methyl sites for hydroxylation is 1. The second kappa shape index (κ2) is 11.2. The summed E-state index contributed by atoms with van der Waals surface area (Å²) in [6.07, 6.45) is 2.68. The maximum absolute atomic E-state index is 12.6. The van der Waals surface area contributed by atoms with E-state index in [0.29, 0.717) is 37.6 Å². The third-order valence-corrected chi connectivity index (χ3v) is 5.78. The van der Waals surface area contributed by atoms with Gasteiger partial charge in [-0.15, -0.1) is 10.2 Å². The summed E-state index contributed by atoms with van der Waals surface area (Å²) in [4.78, 5) is 14.4. The van der Waals surface area contributed by atoms with Gasteiger partial charge in [0.1, 0.15) is 6.04 Å². The molecule has 0 aliphatic heterocycles. The van der Waals surface area contributed by atoms with Crippen LogP contribution in [0.2, 0.25) is 0 Å². The molecule has 0 aliphatic carbocycles. The molecule has 0 fully saturated rings. The minimum absolute atomic E-state index is 0.0157. The Bertz CT molecular complexity index is 1000. The van der Waals surface area contributed by atoms with Gasteiger partial charge in [-0.05, 0) is 50.7 Å². The lowest BCUT2D eigenvalue weighted by Gasteiger charge is -2.29. The van der Waals surface area contributed by atoms with Crippen molar-refractivity contribution in [3.63, 3.8) is 0 Å². The molecule has 0 spiro atoms. The molecule has 3 aromatic rings. The average molecular weight is 450 g/mol. The van der Waals surface area contributed by atoms with Crippen LogP contribution < -0.4 is 11.5 Å². The molecule has 0 radical (unpaired) electrons. The number of benzene rings is 2. The lowest BCUT2D eigenvalue weighted by atomic mass is 9.94. The van der Waals surface area contributed by atoms with E-state index < -0.39 is 5.54 Å². The molecule has 3 rings (SSSR count). The van der Waals surface area contributed by atoms with Crippen LogP contribution in [0.1, 0.15) is 62.6 Å². The van der Waals surface area contributed by atoms with Crippen molar-refractivity contribution in [3.8, 4) is 0 Å². The summed E-state index contributed by atoms with van der Waals surface area (Å²) < 4.78 is 6.14. The summed E-state index contributed by atoms with van der Waals surface area (Å²) in [5.41, 5.74) is 14.0. The normalized spacial score (nSPS) is 14.9. The maximum atomic E-state index is 12.6. The van der Waals surface area contributed by atoms with Gasteiger partial charge in [-0.1, -0.05) is 60.7 Å². The molecule has 176 valence electrons. The Morgan fingerprint density at radius 1 is 1.03 bits per heavy atom. The number of hydrogen-bond donors (Lipinski definition) is 2. The molecule has 0 saturated heterocycles. The monoisotopic (exact) mass is 449 g/mol. The van der Waals surface area contributed by atoms with E-state index in [4.69, 9.17) is 15.9 Å². The number of nitrogens with two attached hydrogens (primary N) is 2. The van der Waals surface area contributed by atoms with Crippen LogP contribution >= 0.6 is 0 Å². The standard InChI is InChI=1S/C26H35N5O2/c1-19(27)16-17-31(20(2)32)23(15-14-21-10-6-4-7-11-21)24-29-30-25(33-24)26(3,28)18-22-12-8-5-9-13-22/h4-13,19,23H,14-18,27-28H2,1-3H3/t19?,23-,26+/m0/s1. The van der Waals surface area contributed by atoms with E-state index in [1.165, 1.54) is 5.56 Å². The summed E-state index contributed by atoms with van der Waals surface area (Å²) in [5, 5.41) is 8.64. The molecule has 7 heteroatoms. The van der Waals surface area contributed by atoms with Gasteiger partial charge >= 0.3 is 0 Å². The first-order valence-corrected chi connectivity index (χ1v) is 11.5. The fourth-order valence-electron chi connectivity index (χ4n) is 3.93. The maximum Gasteiger partial charge on any atom is 0.239 e. The van der Waals surface area contributed by atoms with E-state index in [1.807, 2.05) is 62.4 Å². The molecule has 2 aromatic carbocycles. The zero-order chi connectivity index (χ0) is 23.8. The van der Waals surface area contributed by atoms with Gasteiger partial charge in [0, 0.05) is 19.5 Å². The lowest BCUT2D eigenvalue weighted by molar-refractivity contribution is -0.132. The van der Waals surface area contributed by atoms with Crippen molar-refractivity contribution in [1.29, 1.82) is 0 Å². The summed E-state index contributed by atoms with van der Waals surface area (Å²) in [7, 11) is 0. The smallest absolute Gasteiger partial charge is 0.239 e. The second-order valence-corrected chi connectivity index (χ2v) is 9.04. The van der Waals surface area contributed by atoms with Crippen LogP contribution in [0.25, 0.3) is 0 Å². The molecule has 1 amide bonds. The molecule has 4 N–H and O–H groups in total. The van der Waals surface area contributed by atoms with Crippen LogP contribution in [0.3, 0.4) is 0 Å². The van der Waals surface area contributed by atoms with Gasteiger partial charge in [0.2, 0.25) is 17.7 Å². The highest BCUT2D eigenvalue weighted by Crippen LogP contribution is 2.29. The number of amides is 1. The number of carbonyl (C=O) groups is 1. The van der Waals surface area contributed by atoms with Crippen molar-refractivity contribution >= 4 is 5.91 Å². The largest absolute Gasteiger partial charge is 0.421 e. The zero-order valence-electron chi connectivity index (χ0n) is 19.8. The van der Waals surface area contributed by atoms with Crippen molar-refractivity contribution in [2.24, 2.45) is 11.5 Å². The number of hydrogen-bond acceptors (Lipinski definition) is 6.